The van der Waals surface area contributed by atoms with Crippen LogP contribution in [-0.2, 0) is 14.3 Å². The Morgan fingerprint density at radius 1 is 1.06 bits per heavy atom. The minimum Gasteiger partial charge on any atom is -0.507 e. The number of nitrogens with zero attached hydrogens (tertiary/aromatic N) is 2. The standard InChI is InChI=1S/C26H29ClN2O6/c1-33-20-7-4-3-6-18(20)23-22(24(30)17-8-9-21(34-2)19(27)16-17)25(31)26(32)29(23)11-5-10-28-12-14-35-15-13-28/h3-4,6-9,16,23,30H,5,10-15H2,1-2H3/t23-/m0/s1. The largest absolute Gasteiger partial charge is 0.507 e. The maximum atomic E-state index is 13.3. The van der Waals surface area contributed by atoms with Crippen molar-refractivity contribution in [3.8, 4) is 11.5 Å². The van der Waals surface area contributed by atoms with E-state index in [2.05, 4.69) is 4.90 Å². The van der Waals surface area contributed by atoms with Gasteiger partial charge in [0.1, 0.15) is 17.3 Å². The van der Waals surface area contributed by atoms with Crippen LogP contribution in [0.2, 0.25) is 5.02 Å². The molecule has 9 heteroatoms. The molecule has 2 heterocycles. The number of methoxy groups -OCH3 is 2. The number of Topliss-reactive ketones (excluding diaryl/α,β-unsaturated/α-hetero) is 1. The van der Waals surface area contributed by atoms with Gasteiger partial charge in [-0.15, -0.1) is 0 Å². The highest BCUT2D eigenvalue weighted by atomic mass is 35.5. The highest BCUT2D eigenvalue weighted by Crippen LogP contribution is 2.43. The predicted molar refractivity (Wildman–Crippen MR) is 132 cm³/mol. The average molecular weight is 501 g/mol. The lowest BCUT2D eigenvalue weighted by atomic mass is 9.94. The molecule has 0 saturated carbocycles. The van der Waals surface area contributed by atoms with Crippen LogP contribution in [0.3, 0.4) is 0 Å². The van der Waals surface area contributed by atoms with Gasteiger partial charge in [-0.2, -0.15) is 0 Å². The third-order valence-electron chi connectivity index (χ3n) is 6.38. The van der Waals surface area contributed by atoms with Gasteiger partial charge in [-0.1, -0.05) is 29.8 Å². The second kappa shape index (κ2) is 11.1. The number of likely N-dealkylation sites (tertiary alicyclic amines) is 1. The van der Waals surface area contributed by atoms with Gasteiger partial charge in [-0.25, -0.2) is 0 Å². The molecule has 2 aromatic rings. The zero-order chi connectivity index (χ0) is 24.9. The first-order chi connectivity index (χ1) is 17.0. The van der Waals surface area contributed by atoms with E-state index in [1.807, 2.05) is 12.1 Å². The van der Waals surface area contributed by atoms with Gasteiger partial charge in [0, 0.05) is 37.3 Å². The van der Waals surface area contributed by atoms with E-state index < -0.39 is 17.7 Å². The molecule has 2 fully saturated rings. The minimum atomic E-state index is -0.795. The molecular weight excluding hydrogens is 472 g/mol. The summed E-state index contributed by atoms with van der Waals surface area (Å²) in [5.74, 6) is -0.718. The summed E-state index contributed by atoms with van der Waals surface area (Å²) in [7, 11) is 3.03. The van der Waals surface area contributed by atoms with Gasteiger partial charge in [-0.05, 0) is 30.7 Å². The summed E-state index contributed by atoms with van der Waals surface area (Å²) >= 11 is 6.26. The fourth-order valence-corrected chi connectivity index (χ4v) is 4.84. The highest BCUT2D eigenvalue weighted by molar-refractivity contribution is 6.46. The van der Waals surface area contributed by atoms with Crippen LogP contribution in [0.25, 0.3) is 5.76 Å². The number of hydrogen-bond donors (Lipinski definition) is 1. The van der Waals surface area contributed by atoms with Gasteiger partial charge in [0.05, 0.1) is 44.1 Å². The molecule has 2 aliphatic rings. The molecule has 2 saturated heterocycles. The Labute approximate surface area is 209 Å². The number of carbonyl (C=O) groups is 2. The summed E-state index contributed by atoms with van der Waals surface area (Å²) in [5.41, 5.74) is 0.954. The molecule has 2 aromatic carbocycles. The van der Waals surface area contributed by atoms with Crippen LogP contribution in [-0.4, -0.2) is 80.2 Å². The average Bonchev–Trinajstić information content (AvgIpc) is 3.13. The van der Waals surface area contributed by atoms with E-state index in [0.717, 1.165) is 19.6 Å². The number of aliphatic hydroxyl groups excluding tert-OH is 1. The van der Waals surface area contributed by atoms with Crippen molar-refractivity contribution in [2.24, 2.45) is 0 Å². The van der Waals surface area contributed by atoms with Crippen molar-refractivity contribution in [3.63, 3.8) is 0 Å². The van der Waals surface area contributed by atoms with Crippen molar-refractivity contribution in [3.05, 3.63) is 64.2 Å². The predicted octanol–water partition coefficient (Wildman–Crippen LogP) is 3.50. The van der Waals surface area contributed by atoms with E-state index in [0.29, 0.717) is 48.8 Å². The highest BCUT2D eigenvalue weighted by Gasteiger charge is 2.46. The van der Waals surface area contributed by atoms with Gasteiger partial charge in [0.25, 0.3) is 11.7 Å². The van der Waals surface area contributed by atoms with E-state index in [1.54, 1.807) is 24.3 Å². The van der Waals surface area contributed by atoms with Crippen LogP contribution in [0.5, 0.6) is 11.5 Å². The minimum absolute atomic E-state index is 0.00658. The van der Waals surface area contributed by atoms with Crippen molar-refractivity contribution in [2.75, 3.05) is 53.6 Å². The van der Waals surface area contributed by atoms with Crippen LogP contribution in [0.4, 0.5) is 0 Å². The Morgan fingerprint density at radius 2 is 1.77 bits per heavy atom. The zero-order valence-corrected chi connectivity index (χ0v) is 20.6. The van der Waals surface area contributed by atoms with Gasteiger partial charge in [0.15, 0.2) is 0 Å². The number of hydrogen-bond acceptors (Lipinski definition) is 7. The summed E-state index contributed by atoms with van der Waals surface area (Å²) in [4.78, 5) is 30.2. The number of rotatable bonds is 8. The van der Waals surface area contributed by atoms with Crippen molar-refractivity contribution < 1.29 is 28.9 Å². The van der Waals surface area contributed by atoms with Crippen LogP contribution < -0.4 is 9.47 Å². The Hall–Kier alpha value is -3.07. The molecular formula is C26H29ClN2O6. The first kappa shape index (κ1) is 25.0. The normalized spacial score (nSPS) is 20.3. The molecule has 2 aliphatic heterocycles. The zero-order valence-electron chi connectivity index (χ0n) is 19.8. The monoisotopic (exact) mass is 500 g/mol. The summed E-state index contributed by atoms with van der Waals surface area (Å²) in [6, 6.07) is 11.1. The van der Waals surface area contributed by atoms with E-state index in [1.165, 1.54) is 25.2 Å². The number of benzene rings is 2. The van der Waals surface area contributed by atoms with Gasteiger partial charge in [-0.3, -0.25) is 14.5 Å². The quantitative estimate of drug-likeness (QED) is 0.337. The summed E-state index contributed by atoms with van der Waals surface area (Å²) in [6.45, 7) is 4.19. The second-order valence-corrected chi connectivity index (χ2v) is 8.80. The Bertz CT molecular complexity index is 1130. The molecule has 8 nitrogen and oxygen atoms in total. The first-order valence-corrected chi connectivity index (χ1v) is 11.9. The molecule has 1 atom stereocenters. The van der Waals surface area contributed by atoms with Crippen LogP contribution in [0, 0.1) is 0 Å². The number of morpholine rings is 1. The molecule has 0 bridgehead atoms. The van der Waals surface area contributed by atoms with Crippen molar-refractivity contribution in [2.45, 2.75) is 12.5 Å². The third kappa shape index (κ3) is 5.15. The first-order valence-electron chi connectivity index (χ1n) is 11.5. The molecule has 0 radical (unpaired) electrons. The molecule has 186 valence electrons. The van der Waals surface area contributed by atoms with E-state index in [4.69, 9.17) is 25.8 Å². The van der Waals surface area contributed by atoms with Crippen molar-refractivity contribution in [1.82, 2.24) is 9.80 Å². The Kier molecular flexibility index (Phi) is 7.95. The lowest BCUT2D eigenvalue weighted by molar-refractivity contribution is -0.140. The van der Waals surface area contributed by atoms with E-state index in [-0.39, 0.29) is 16.4 Å². The number of ketones is 1. The summed E-state index contributed by atoms with van der Waals surface area (Å²) in [6.07, 6.45) is 0.674. The molecule has 0 unspecified atom stereocenters. The lowest BCUT2D eigenvalue weighted by Crippen LogP contribution is -2.39. The smallest absolute Gasteiger partial charge is 0.295 e. The molecule has 0 spiro atoms. The number of para-hydroxylation sites is 1. The fourth-order valence-electron chi connectivity index (χ4n) is 4.58. The van der Waals surface area contributed by atoms with Gasteiger partial charge in [0.2, 0.25) is 0 Å². The second-order valence-electron chi connectivity index (χ2n) is 8.39. The number of aliphatic hydroxyl groups is 1. The maximum Gasteiger partial charge on any atom is 0.295 e. The lowest BCUT2D eigenvalue weighted by Gasteiger charge is -2.29. The number of halogens is 1. The third-order valence-corrected chi connectivity index (χ3v) is 6.67. The summed E-state index contributed by atoms with van der Waals surface area (Å²) < 4.78 is 16.1. The number of carbonyl (C=O) groups excluding carboxylic acids is 2. The maximum absolute atomic E-state index is 13.3. The number of ether oxygens (including phenoxy) is 3. The molecule has 0 aliphatic carbocycles. The van der Waals surface area contributed by atoms with Crippen molar-refractivity contribution >= 4 is 29.1 Å². The molecule has 1 amide bonds. The van der Waals surface area contributed by atoms with Crippen molar-refractivity contribution in [1.29, 1.82) is 0 Å². The SMILES string of the molecule is COc1ccc(C(O)=C2C(=O)C(=O)N(CCCN3CCOCC3)[C@H]2c2ccccc2OC)cc1Cl. The summed E-state index contributed by atoms with van der Waals surface area (Å²) in [5, 5.41) is 11.5. The number of amides is 1. The molecule has 1 N–H and O–H groups in total. The van der Waals surface area contributed by atoms with Gasteiger partial charge >= 0.3 is 0 Å². The topological polar surface area (TPSA) is 88.5 Å². The Balaban J connectivity index is 1.72. The van der Waals surface area contributed by atoms with Crippen LogP contribution >= 0.6 is 11.6 Å². The molecule has 35 heavy (non-hydrogen) atoms. The van der Waals surface area contributed by atoms with Crippen LogP contribution in [0.15, 0.2) is 48.0 Å². The van der Waals surface area contributed by atoms with Crippen LogP contribution in [0.1, 0.15) is 23.6 Å². The van der Waals surface area contributed by atoms with E-state index in [9.17, 15) is 14.7 Å². The molecule has 4 rings (SSSR count). The molecule has 0 aromatic heterocycles. The fraction of sp³-hybridized carbons (Fsp3) is 0.385. The van der Waals surface area contributed by atoms with Gasteiger partial charge < -0.3 is 24.2 Å². The Morgan fingerprint density at radius 3 is 2.46 bits per heavy atom. The van der Waals surface area contributed by atoms with E-state index >= 15 is 0 Å².